The third-order valence-corrected chi connectivity index (χ3v) is 3.92. The average Bonchev–Trinajstić information content (AvgIpc) is 3.23. The lowest BCUT2D eigenvalue weighted by molar-refractivity contribution is 0.235. The van der Waals surface area contributed by atoms with Gasteiger partial charge in [0.25, 0.3) is 0 Å². The number of hydrogen-bond acceptors (Lipinski definition) is 4. The maximum absolute atomic E-state index is 5.94. The van der Waals surface area contributed by atoms with E-state index < -0.39 is 0 Å². The number of benzene rings is 1. The molecule has 1 aliphatic heterocycles. The zero-order chi connectivity index (χ0) is 16.8. The van der Waals surface area contributed by atoms with Crippen molar-refractivity contribution in [2.45, 2.75) is 39.3 Å². The van der Waals surface area contributed by atoms with Crippen LogP contribution in [0.2, 0.25) is 0 Å². The van der Waals surface area contributed by atoms with Gasteiger partial charge in [0.2, 0.25) is 0 Å². The lowest BCUT2D eigenvalue weighted by atomic mass is 10.1. The van der Waals surface area contributed by atoms with Crippen molar-refractivity contribution in [3.63, 3.8) is 0 Å². The van der Waals surface area contributed by atoms with E-state index >= 15 is 0 Å². The number of aliphatic imine (C=N–C) groups is 1. The molecule has 2 aromatic rings. The fourth-order valence-corrected chi connectivity index (χ4v) is 2.67. The Morgan fingerprint density at radius 2 is 2.17 bits per heavy atom. The summed E-state index contributed by atoms with van der Waals surface area (Å²) >= 11 is 0. The highest BCUT2D eigenvalue weighted by atomic mass is 16.5. The first-order valence-electron chi connectivity index (χ1n) is 8.49. The second kappa shape index (κ2) is 7.86. The van der Waals surface area contributed by atoms with Crippen molar-refractivity contribution in [2.24, 2.45) is 4.99 Å². The molecule has 2 N–H and O–H groups in total. The molecule has 0 saturated heterocycles. The molecule has 0 spiro atoms. The first-order chi connectivity index (χ1) is 11.8. The quantitative estimate of drug-likeness (QED) is 0.629. The minimum absolute atomic E-state index is 0.128. The molecule has 1 aliphatic rings. The van der Waals surface area contributed by atoms with Crippen LogP contribution >= 0.6 is 0 Å². The van der Waals surface area contributed by atoms with E-state index in [1.54, 1.807) is 0 Å². The van der Waals surface area contributed by atoms with Gasteiger partial charge in [0, 0.05) is 19.0 Å². The van der Waals surface area contributed by atoms with Gasteiger partial charge in [0.05, 0.1) is 12.2 Å². The molecule has 1 aromatic carbocycles. The predicted molar refractivity (Wildman–Crippen MR) is 93.3 cm³/mol. The summed E-state index contributed by atoms with van der Waals surface area (Å²) in [4.78, 5) is 4.55. The van der Waals surface area contributed by atoms with E-state index in [0.29, 0.717) is 13.1 Å². The second-order valence-corrected chi connectivity index (χ2v) is 5.77. The third-order valence-electron chi connectivity index (χ3n) is 3.92. The standard InChI is InChI=1S/C18H24N4O2/c1-3-14-10-16(24-22-14)12-21-18(19-4-2)20-11-15-9-13-7-5-6-8-17(13)23-15/h5-8,10,15H,3-4,9,11-12H2,1-2H3,(H2,19,20,21). The van der Waals surface area contributed by atoms with Gasteiger partial charge >= 0.3 is 0 Å². The van der Waals surface area contributed by atoms with Gasteiger partial charge in [-0.15, -0.1) is 0 Å². The fraction of sp³-hybridized carbons (Fsp3) is 0.444. The Morgan fingerprint density at radius 1 is 1.29 bits per heavy atom. The monoisotopic (exact) mass is 328 g/mol. The van der Waals surface area contributed by atoms with E-state index in [1.807, 2.05) is 31.2 Å². The maximum atomic E-state index is 5.94. The van der Waals surface area contributed by atoms with Crippen molar-refractivity contribution in [3.05, 3.63) is 47.3 Å². The molecule has 128 valence electrons. The summed E-state index contributed by atoms with van der Waals surface area (Å²) in [6, 6.07) is 10.1. The molecule has 0 aliphatic carbocycles. The third kappa shape index (κ3) is 4.07. The Bertz CT molecular complexity index is 671. The zero-order valence-corrected chi connectivity index (χ0v) is 14.2. The first kappa shape index (κ1) is 16.4. The van der Waals surface area contributed by atoms with Crippen LogP contribution in [0, 0.1) is 0 Å². The molecule has 6 heteroatoms. The molecule has 1 atom stereocenters. The Morgan fingerprint density at radius 3 is 2.92 bits per heavy atom. The van der Waals surface area contributed by atoms with Crippen molar-refractivity contribution in [1.29, 1.82) is 0 Å². The summed E-state index contributed by atoms with van der Waals surface area (Å²) in [6.45, 7) is 6.07. The minimum Gasteiger partial charge on any atom is -0.488 e. The van der Waals surface area contributed by atoms with Crippen LogP contribution in [-0.4, -0.2) is 30.3 Å². The normalized spacial score (nSPS) is 16.6. The van der Waals surface area contributed by atoms with Gasteiger partial charge in [0.15, 0.2) is 11.7 Å². The summed E-state index contributed by atoms with van der Waals surface area (Å²) in [5.74, 6) is 2.51. The summed E-state index contributed by atoms with van der Waals surface area (Å²) in [6.07, 6.45) is 1.92. The molecule has 0 bridgehead atoms. The van der Waals surface area contributed by atoms with Crippen LogP contribution in [-0.2, 0) is 19.4 Å². The number of rotatable bonds is 6. The maximum Gasteiger partial charge on any atom is 0.191 e. The van der Waals surface area contributed by atoms with Gasteiger partial charge in [-0.2, -0.15) is 0 Å². The van der Waals surface area contributed by atoms with Crippen LogP contribution in [0.5, 0.6) is 5.75 Å². The molecule has 0 saturated carbocycles. The van der Waals surface area contributed by atoms with Gasteiger partial charge in [-0.25, -0.2) is 4.99 Å². The van der Waals surface area contributed by atoms with Crippen LogP contribution in [0.1, 0.15) is 30.9 Å². The van der Waals surface area contributed by atoms with E-state index in [0.717, 1.165) is 42.5 Å². The smallest absolute Gasteiger partial charge is 0.191 e. The topological polar surface area (TPSA) is 71.7 Å². The summed E-state index contributed by atoms with van der Waals surface area (Å²) in [5.41, 5.74) is 2.22. The molecule has 24 heavy (non-hydrogen) atoms. The van der Waals surface area contributed by atoms with E-state index in [1.165, 1.54) is 5.56 Å². The highest BCUT2D eigenvalue weighted by Gasteiger charge is 2.22. The van der Waals surface area contributed by atoms with Crippen molar-refractivity contribution in [1.82, 2.24) is 15.8 Å². The van der Waals surface area contributed by atoms with Crippen LogP contribution in [0.3, 0.4) is 0 Å². The van der Waals surface area contributed by atoms with Crippen molar-refractivity contribution >= 4 is 5.96 Å². The summed E-state index contributed by atoms with van der Waals surface area (Å²) < 4.78 is 11.2. The van der Waals surface area contributed by atoms with Crippen molar-refractivity contribution in [2.75, 3.05) is 13.1 Å². The Labute approximate surface area is 142 Å². The van der Waals surface area contributed by atoms with Crippen LogP contribution in [0.25, 0.3) is 0 Å². The lowest BCUT2D eigenvalue weighted by Gasteiger charge is -2.15. The highest BCUT2D eigenvalue weighted by molar-refractivity contribution is 5.79. The number of guanidine groups is 1. The lowest BCUT2D eigenvalue weighted by Crippen LogP contribution is -2.42. The average molecular weight is 328 g/mol. The summed E-state index contributed by atoms with van der Waals surface area (Å²) in [7, 11) is 0. The molecule has 6 nitrogen and oxygen atoms in total. The Balaban J connectivity index is 1.53. The van der Waals surface area contributed by atoms with E-state index in [-0.39, 0.29) is 6.10 Å². The predicted octanol–water partition coefficient (Wildman–Crippen LogP) is 2.30. The van der Waals surface area contributed by atoms with Crippen LogP contribution < -0.4 is 15.4 Å². The fourth-order valence-electron chi connectivity index (χ4n) is 2.67. The minimum atomic E-state index is 0.128. The van der Waals surface area contributed by atoms with Gasteiger partial charge in [-0.05, 0) is 25.0 Å². The molecule has 0 fully saturated rings. The molecule has 0 amide bonds. The van der Waals surface area contributed by atoms with Gasteiger partial charge in [0.1, 0.15) is 18.4 Å². The number of aromatic nitrogens is 1. The van der Waals surface area contributed by atoms with E-state index in [2.05, 4.69) is 33.8 Å². The molecule has 0 radical (unpaired) electrons. The molecular weight excluding hydrogens is 304 g/mol. The van der Waals surface area contributed by atoms with Gasteiger partial charge < -0.3 is 19.9 Å². The molecular formula is C18H24N4O2. The van der Waals surface area contributed by atoms with E-state index in [4.69, 9.17) is 9.26 Å². The molecule has 2 heterocycles. The van der Waals surface area contributed by atoms with Gasteiger partial charge in [-0.3, -0.25) is 0 Å². The number of fused-ring (bicyclic) bond motifs is 1. The van der Waals surface area contributed by atoms with Crippen LogP contribution in [0.15, 0.2) is 39.8 Å². The Kier molecular flexibility index (Phi) is 5.36. The summed E-state index contributed by atoms with van der Waals surface area (Å²) in [5, 5.41) is 10.6. The number of hydrogen-bond donors (Lipinski definition) is 2. The number of aryl methyl sites for hydroxylation is 1. The molecule has 1 aromatic heterocycles. The number of nitrogens with one attached hydrogen (secondary N) is 2. The Hall–Kier alpha value is -2.50. The van der Waals surface area contributed by atoms with Crippen molar-refractivity contribution in [3.8, 4) is 5.75 Å². The molecule has 3 rings (SSSR count). The largest absolute Gasteiger partial charge is 0.488 e. The van der Waals surface area contributed by atoms with Gasteiger partial charge in [-0.1, -0.05) is 30.3 Å². The second-order valence-electron chi connectivity index (χ2n) is 5.77. The zero-order valence-electron chi connectivity index (χ0n) is 14.2. The van der Waals surface area contributed by atoms with Crippen LogP contribution in [0.4, 0.5) is 0 Å². The van der Waals surface area contributed by atoms with Crippen molar-refractivity contribution < 1.29 is 9.26 Å². The SMILES string of the molecule is CCNC(=NCc1cc(CC)no1)NCC1Cc2ccccc2O1. The first-order valence-corrected chi connectivity index (χ1v) is 8.49. The molecule has 1 unspecified atom stereocenters. The highest BCUT2D eigenvalue weighted by Crippen LogP contribution is 2.27. The number of nitrogens with zero attached hydrogens (tertiary/aromatic N) is 2. The number of para-hydroxylation sites is 1. The van der Waals surface area contributed by atoms with E-state index in [9.17, 15) is 0 Å². The number of ether oxygens (including phenoxy) is 1.